The largest absolute Gasteiger partial charge is 0.333 e. The van der Waals surface area contributed by atoms with Gasteiger partial charge in [-0.2, -0.15) is 0 Å². The zero-order valence-corrected chi connectivity index (χ0v) is 8.94. The molecule has 0 atom stereocenters. The zero-order valence-electron chi connectivity index (χ0n) is 6.78. The number of unbranched alkanes of at least 4 members (excludes halogenated alkanes) is 3. The Morgan fingerprint density at radius 3 is 2.70 bits per heavy atom. The normalized spacial score (nSPS) is 11.7. The molecule has 2 heteroatoms. The molecule has 0 amide bonds. The highest BCUT2D eigenvalue weighted by atomic mass is 127. The van der Waals surface area contributed by atoms with Crippen LogP contribution < -0.4 is 3.53 Å². The first-order valence-electron chi connectivity index (χ1n) is 3.84. The average Bonchev–Trinajstić information content (AvgIpc) is 1.98. The lowest BCUT2D eigenvalue weighted by Crippen LogP contribution is -1.91. The highest BCUT2D eigenvalue weighted by molar-refractivity contribution is 14.1. The predicted octanol–water partition coefficient (Wildman–Crippen LogP) is 3.41. The highest BCUT2D eigenvalue weighted by Gasteiger charge is 1.84. The minimum Gasteiger partial charge on any atom is -0.333 e. The first-order valence-corrected chi connectivity index (χ1v) is 4.92. The molecule has 0 saturated heterocycles. The topological polar surface area (TPSA) is 12.0 Å². The van der Waals surface area contributed by atoms with E-state index in [0.29, 0.717) is 0 Å². The second kappa shape index (κ2) is 7.38. The van der Waals surface area contributed by atoms with Crippen molar-refractivity contribution < 1.29 is 0 Å². The summed E-state index contributed by atoms with van der Waals surface area (Å²) in [5, 5.41) is 0. The maximum atomic E-state index is 3.07. The van der Waals surface area contributed by atoms with Crippen molar-refractivity contribution in [1.82, 2.24) is 3.53 Å². The molecule has 0 rings (SSSR count). The maximum Gasteiger partial charge on any atom is 0.0557 e. The second-order valence-corrected chi connectivity index (χ2v) is 3.02. The van der Waals surface area contributed by atoms with E-state index in [4.69, 9.17) is 0 Å². The van der Waals surface area contributed by atoms with Crippen LogP contribution >= 0.6 is 22.9 Å². The van der Waals surface area contributed by atoms with E-state index in [9.17, 15) is 0 Å². The standard InChI is InChI=1S/C8H16IN/c1-3-4-5-6-7-8(2)10-9/h7,10H,3-6H2,1-2H3/b8-7-. The van der Waals surface area contributed by atoms with Gasteiger partial charge in [-0.15, -0.1) is 0 Å². The highest BCUT2D eigenvalue weighted by Crippen LogP contribution is 2.01. The Kier molecular flexibility index (Phi) is 7.58. The van der Waals surface area contributed by atoms with E-state index in [1.807, 2.05) is 0 Å². The number of nitrogens with one attached hydrogen (secondary N) is 1. The Labute approximate surface area is 77.8 Å². The van der Waals surface area contributed by atoms with E-state index in [-0.39, 0.29) is 0 Å². The summed E-state index contributed by atoms with van der Waals surface area (Å²) in [7, 11) is 0. The molecule has 0 aromatic rings. The van der Waals surface area contributed by atoms with Crippen LogP contribution in [0.15, 0.2) is 11.8 Å². The fourth-order valence-electron chi connectivity index (χ4n) is 0.751. The van der Waals surface area contributed by atoms with Crippen LogP contribution in [0.4, 0.5) is 0 Å². The molecule has 0 aliphatic carbocycles. The van der Waals surface area contributed by atoms with Gasteiger partial charge in [-0.25, -0.2) is 0 Å². The van der Waals surface area contributed by atoms with Gasteiger partial charge in [0, 0.05) is 5.70 Å². The summed E-state index contributed by atoms with van der Waals surface area (Å²) in [4.78, 5) is 0. The first-order chi connectivity index (χ1) is 4.81. The number of hydrogen-bond acceptors (Lipinski definition) is 1. The summed E-state index contributed by atoms with van der Waals surface area (Å²) >= 11 is 2.16. The van der Waals surface area contributed by atoms with Crippen LogP contribution in [0.3, 0.4) is 0 Å². The van der Waals surface area contributed by atoms with Gasteiger partial charge >= 0.3 is 0 Å². The van der Waals surface area contributed by atoms with Crippen LogP contribution in [0.1, 0.15) is 39.5 Å². The van der Waals surface area contributed by atoms with Crippen LogP contribution in [0.5, 0.6) is 0 Å². The molecule has 0 aliphatic heterocycles. The van der Waals surface area contributed by atoms with Gasteiger partial charge in [0.1, 0.15) is 0 Å². The minimum atomic E-state index is 1.22. The molecule has 60 valence electrons. The van der Waals surface area contributed by atoms with Crippen LogP contribution in [-0.2, 0) is 0 Å². The quantitative estimate of drug-likeness (QED) is 0.449. The van der Waals surface area contributed by atoms with Crippen LogP contribution in [0, 0.1) is 0 Å². The van der Waals surface area contributed by atoms with Crippen molar-refractivity contribution in [2.24, 2.45) is 0 Å². The molecule has 0 aromatic carbocycles. The lowest BCUT2D eigenvalue weighted by atomic mass is 10.2. The Hall–Kier alpha value is 0.270. The Morgan fingerprint density at radius 2 is 2.20 bits per heavy atom. The van der Waals surface area contributed by atoms with Crippen LogP contribution in [0.2, 0.25) is 0 Å². The average molecular weight is 253 g/mol. The van der Waals surface area contributed by atoms with Gasteiger partial charge in [-0.05, 0) is 19.8 Å². The number of allylic oxidation sites excluding steroid dienone is 2. The lowest BCUT2D eigenvalue weighted by Gasteiger charge is -1.96. The van der Waals surface area contributed by atoms with Crippen LogP contribution in [0.25, 0.3) is 0 Å². The number of halogens is 1. The first kappa shape index (κ1) is 10.3. The molecule has 0 spiro atoms. The fourth-order valence-corrected chi connectivity index (χ4v) is 0.972. The van der Waals surface area contributed by atoms with Crippen LogP contribution in [-0.4, -0.2) is 0 Å². The summed E-state index contributed by atoms with van der Waals surface area (Å²) in [5.74, 6) is 0. The molecule has 0 aromatic heterocycles. The lowest BCUT2D eigenvalue weighted by molar-refractivity contribution is 0.726. The molecule has 0 unspecified atom stereocenters. The molecule has 0 heterocycles. The van der Waals surface area contributed by atoms with Gasteiger partial charge in [0.2, 0.25) is 0 Å². The van der Waals surface area contributed by atoms with E-state index in [2.05, 4.69) is 46.3 Å². The van der Waals surface area contributed by atoms with Gasteiger partial charge in [0.15, 0.2) is 0 Å². The van der Waals surface area contributed by atoms with Crippen molar-refractivity contribution in [2.45, 2.75) is 39.5 Å². The molecule has 1 nitrogen and oxygen atoms in total. The third kappa shape index (κ3) is 6.39. The Morgan fingerprint density at radius 1 is 1.50 bits per heavy atom. The van der Waals surface area contributed by atoms with Gasteiger partial charge in [-0.3, -0.25) is 0 Å². The van der Waals surface area contributed by atoms with Gasteiger partial charge in [0.25, 0.3) is 0 Å². The molecule has 10 heavy (non-hydrogen) atoms. The Balaban J connectivity index is 3.16. The second-order valence-electron chi connectivity index (χ2n) is 2.48. The smallest absolute Gasteiger partial charge is 0.0557 e. The minimum absolute atomic E-state index is 1.22. The summed E-state index contributed by atoms with van der Waals surface area (Å²) in [6.07, 6.45) is 7.46. The zero-order chi connectivity index (χ0) is 7.82. The summed E-state index contributed by atoms with van der Waals surface area (Å²) in [6, 6.07) is 0. The summed E-state index contributed by atoms with van der Waals surface area (Å²) in [5.41, 5.74) is 1.27. The van der Waals surface area contributed by atoms with Gasteiger partial charge < -0.3 is 3.53 Å². The molecular weight excluding hydrogens is 237 g/mol. The summed E-state index contributed by atoms with van der Waals surface area (Å²) in [6.45, 7) is 4.32. The van der Waals surface area contributed by atoms with Crippen molar-refractivity contribution in [2.75, 3.05) is 0 Å². The number of hydrogen-bond donors (Lipinski definition) is 1. The molecular formula is C8H16IN. The van der Waals surface area contributed by atoms with Crippen molar-refractivity contribution >= 4 is 22.9 Å². The van der Waals surface area contributed by atoms with E-state index >= 15 is 0 Å². The van der Waals surface area contributed by atoms with Gasteiger partial charge in [-0.1, -0.05) is 25.8 Å². The van der Waals surface area contributed by atoms with E-state index in [0.717, 1.165) is 0 Å². The molecule has 1 N–H and O–H groups in total. The third-order valence-corrected chi connectivity index (χ3v) is 2.26. The van der Waals surface area contributed by atoms with E-state index < -0.39 is 0 Å². The van der Waals surface area contributed by atoms with Crippen molar-refractivity contribution in [3.63, 3.8) is 0 Å². The Bertz CT molecular complexity index is 99.4. The fraction of sp³-hybridized carbons (Fsp3) is 0.750. The molecule has 0 radical (unpaired) electrons. The summed E-state index contributed by atoms with van der Waals surface area (Å²) < 4.78 is 3.07. The monoisotopic (exact) mass is 253 g/mol. The molecule has 0 fully saturated rings. The molecule has 0 aliphatic rings. The van der Waals surface area contributed by atoms with E-state index in [1.165, 1.54) is 31.4 Å². The third-order valence-electron chi connectivity index (χ3n) is 1.41. The van der Waals surface area contributed by atoms with Gasteiger partial charge in [0.05, 0.1) is 22.9 Å². The van der Waals surface area contributed by atoms with Crippen molar-refractivity contribution in [1.29, 1.82) is 0 Å². The van der Waals surface area contributed by atoms with Crippen molar-refractivity contribution in [3.05, 3.63) is 11.8 Å². The number of rotatable bonds is 5. The maximum absolute atomic E-state index is 3.07. The molecule has 0 bridgehead atoms. The van der Waals surface area contributed by atoms with Crippen molar-refractivity contribution in [3.8, 4) is 0 Å². The SMILES string of the molecule is CCCCC/C=C(/C)NI. The molecule has 0 saturated carbocycles. The predicted molar refractivity (Wildman–Crippen MR) is 55.1 cm³/mol. The van der Waals surface area contributed by atoms with E-state index in [1.54, 1.807) is 0 Å².